The number of rotatable bonds is 5. The number of hydrogen-bond acceptors (Lipinski definition) is 3. The van der Waals surface area contributed by atoms with Crippen LogP contribution in [0.2, 0.25) is 0 Å². The third-order valence-electron chi connectivity index (χ3n) is 3.41. The SMILES string of the molecule is CN=C(NCCN1CCC1)N(C)Cc1cnn(C)c1. The summed E-state index contributed by atoms with van der Waals surface area (Å²) in [6.07, 6.45) is 5.27. The highest BCUT2D eigenvalue weighted by Gasteiger charge is 2.13. The molecule has 0 radical (unpaired) electrons. The van der Waals surface area contributed by atoms with Crippen LogP contribution in [0.1, 0.15) is 12.0 Å². The number of nitrogens with zero attached hydrogens (tertiary/aromatic N) is 5. The Bertz CT molecular complexity index is 421. The normalized spacial score (nSPS) is 16.3. The van der Waals surface area contributed by atoms with Crippen LogP contribution in [0.3, 0.4) is 0 Å². The van der Waals surface area contributed by atoms with Crippen LogP contribution in [0.4, 0.5) is 0 Å². The van der Waals surface area contributed by atoms with Gasteiger partial charge in [-0.15, -0.1) is 0 Å². The lowest BCUT2D eigenvalue weighted by Gasteiger charge is -2.31. The van der Waals surface area contributed by atoms with Gasteiger partial charge in [0.1, 0.15) is 0 Å². The predicted octanol–water partition coefficient (Wildman–Crippen LogP) is 0.133. The summed E-state index contributed by atoms with van der Waals surface area (Å²) >= 11 is 0. The zero-order chi connectivity index (χ0) is 13.7. The molecule has 0 aliphatic carbocycles. The Labute approximate surface area is 115 Å². The molecule has 1 aliphatic rings. The molecule has 19 heavy (non-hydrogen) atoms. The van der Waals surface area contributed by atoms with Gasteiger partial charge in [-0.25, -0.2) is 0 Å². The number of aromatic nitrogens is 2. The quantitative estimate of drug-likeness (QED) is 0.607. The van der Waals surface area contributed by atoms with Gasteiger partial charge in [0, 0.05) is 52.5 Å². The van der Waals surface area contributed by atoms with E-state index in [1.807, 2.05) is 38.2 Å². The van der Waals surface area contributed by atoms with Crippen molar-refractivity contribution in [1.82, 2.24) is 24.9 Å². The fourth-order valence-corrected chi connectivity index (χ4v) is 2.22. The van der Waals surface area contributed by atoms with E-state index in [-0.39, 0.29) is 0 Å². The minimum absolute atomic E-state index is 0.817. The van der Waals surface area contributed by atoms with E-state index in [4.69, 9.17) is 0 Å². The molecule has 2 heterocycles. The monoisotopic (exact) mass is 264 g/mol. The number of hydrogen-bond donors (Lipinski definition) is 1. The van der Waals surface area contributed by atoms with Gasteiger partial charge in [0.25, 0.3) is 0 Å². The van der Waals surface area contributed by atoms with Gasteiger partial charge in [-0.05, 0) is 19.5 Å². The van der Waals surface area contributed by atoms with Crippen molar-refractivity contribution < 1.29 is 0 Å². The van der Waals surface area contributed by atoms with E-state index >= 15 is 0 Å². The lowest BCUT2D eigenvalue weighted by atomic mass is 10.2. The minimum Gasteiger partial charge on any atom is -0.355 e. The van der Waals surface area contributed by atoms with E-state index in [2.05, 4.69) is 25.2 Å². The van der Waals surface area contributed by atoms with Gasteiger partial charge in [-0.2, -0.15) is 5.10 Å². The van der Waals surface area contributed by atoms with Gasteiger partial charge in [0.05, 0.1) is 6.20 Å². The van der Waals surface area contributed by atoms with E-state index in [9.17, 15) is 0 Å². The average Bonchev–Trinajstić information content (AvgIpc) is 2.72. The highest BCUT2D eigenvalue weighted by atomic mass is 15.3. The van der Waals surface area contributed by atoms with E-state index in [0.29, 0.717) is 0 Å². The van der Waals surface area contributed by atoms with Crippen molar-refractivity contribution in [2.75, 3.05) is 40.3 Å². The first-order valence-electron chi connectivity index (χ1n) is 6.80. The summed E-state index contributed by atoms with van der Waals surface area (Å²) in [5.41, 5.74) is 1.19. The molecule has 6 nitrogen and oxygen atoms in total. The Balaban J connectivity index is 1.76. The van der Waals surface area contributed by atoms with Crippen LogP contribution in [0.25, 0.3) is 0 Å². The Morgan fingerprint density at radius 2 is 2.32 bits per heavy atom. The Hall–Kier alpha value is -1.56. The highest BCUT2D eigenvalue weighted by Crippen LogP contribution is 2.04. The van der Waals surface area contributed by atoms with Crippen LogP contribution >= 0.6 is 0 Å². The van der Waals surface area contributed by atoms with Gasteiger partial charge in [-0.3, -0.25) is 9.67 Å². The summed E-state index contributed by atoms with van der Waals surface area (Å²) in [4.78, 5) is 8.88. The largest absolute Gasteiger partial charge is 0.355 e. The number of nitrogens with one attached hydrogen (secondary N) is 1. The molecule has 0 saturated carbocycles. The molecule has 1 aromatic rings. The lowest BCUT2D eigenvalue weighted by Crippen LogP contribution is -2.45. The molecule has 6 heteroatoms. The Kier molecular flexibility index (Phi) is 4.79. The van der Waals surface area contributed by atoms with Crippen molar-refractivity contribution in [2.24, 2.45) is 12.0 Å². The van der Waals surface area contributed by atoms with E-state index < -0.39 is 0 Å². The van der Waals surface area contributed by atoms with Crippen LogP contribution in [-0.2, 0) is 13.6 Å². The predicted molar refractivity (Wildman–Crippen MR) is 77.1 cm³/mol. The molecule has 1 aromatic heterocycles. The molecular weight excluding hydrogens is 240 g/mol. The van der Waals surface area contributed by atoms with Gasteiger partial charge < -0.3 is 15.1 Å². The van der Waals surface area contributed by atoms with Gasteiger partial charge in [0.2, 0.25) is 0 Å². The first kappa shape index (κ1) is 13.9. The molecule has 1 fully saturated rings. The maximum Gasteiger partial charge on any atom is 0.193 e. The molecule has 0 bridgehead atoms. The summed E-state index contributed by atoms with van der Waals surface area (Å²) in [5.74, 6) is 0.935. The highest BCUT2D eigenvalue weighted by molar-refractivity contribution is 5.79. The average molecular weight is 264 g/mol. The Morgan fingerprint density at radius 1 is 1.53 bits per heavy atom. The molecule has 1 aliphatic heterocycles. The van der Waals surface area contributed by atoms with Gasteiger partial charge in [0.15, 0.2) is 5.96 Å². The maximum absolute atomic E-state index is 4.32. The van der Waals surface area contributed by atoms with Crippen LogP contribution in [0.15, 0.2) is 17.4 Å². The van der Waals surface area contributed by atoms with Crippen molar-refractivity contribution >= 4 is 5.96 Å². The first-order chi connectivity index (χ1) is 9.19. The van der Waals surface area contributed by atoms with Crippen molar-refractivity contribution in [3.8, 4) is 0 Å². The number of aliphatic imine (C=N–C) groups is 1. The zero-order valence-corrected chi connectivity index (χ0v) is 12.1. The number of likely N-dealkylation sites (tertiary alicyclic amines) is 1. The van der Waals surface area contributed by atoms with Gasteiger partial charge >= 0.3 is 0 Å². The van der Waals surface area contributed by atoms with E-state index in [1.165, 1.54) is 25.1 Å². The molecule has 0 spiro atoms. The van der Waals surface area contributed by atoms with Crippen LogP contribution in [0, 0.1) is 0 Å². The molecule has 0 atom stereocenters. The molecule has 1 N–H and O–H groups in total. The molecular formula is C13H24N6. The van der Waals surface area contributed by atoms with Crippen LogP contribution in [0.5, 0.6) is 0 Å². The third kappa shape index (κ3) is 3.96. The molecule has 1 saturated heterocycles. The topological polar surface area (TPSA) is 48.7 Å². The second-order valence-electron chi connectivity index (χ2n) is 5.05. The maximum atomic E-state index is 4.32. The molecule has 0 amide bonds. The van der Waals surface area contributed by atoms with E-state index in [1.54, 1.807) is 0 Å². The molecule has 2 rings (SSSR count). The van der Waals surface area contributed by atoms with E-state index in [0.717, 1.165) is 25.6 Å². The summed E-state index contributed by atoms with van der Waals surface area (Å²) in [7, 11) is 5.81. The summed E-state index contributed by atoms with van der Waals surface area (Å²) in [6, 6.07) is 0. The lowest BCUT2D eigenvalue weighted by molar-refractivity contribution is 0.184. The third-order valence-corrected chi connectivity index (χ3v) is 3.41. The molecule has 0 unspecified atom stereocenters. The zero-order valence-electron chi connectivity index (χ0n) is 12.1. The smallest absolute Gasteiger partial charge is 0.193 e. The van der Waals surface area contributed by atoms with Crippen LogP contribution < -0.4 is 5.32 Å². The number of guanidine groups is 1. The minimum atomic E-state index is 0.817. The van der Waals surface area contributed by atoms with Gasteiger partial charge in [-0.1, -0.05) is 0 Å². The first-order valence-corrected chi connectivity index (χ1v) is 6.80. The van der Waals surface area contributed by atoms with Crippen LogP contribution in [-0.4, -0.2) is 65.8 Å². The standard InChI is InChI=1S/C13H24N6/c1-14-13(15-5-8-19-6-4-7-19)17(2)10-12-9-16-18(3)11-12/h9,11H,4-8,10H2,1-3H3,(H,14,15). The van der Waals surface area contributed by atoms with Crippen molar-refractivity contribution in [2.45, 2.75) is 13.0 Å². The second kappa shape index (κ2) is 6.56. The van der Waals surface area contributed by atoms with Crippen molar-refractivity contribution in [3.05, 3.63) is 18.0 Å². The fourth-order valence-electron chi connectivity index (χ4n) is 2.22. The summed E-state index contributed by atoms with van der Waals surface area (Å²) in [6.45, 7) is 5.35. The van der Waals surface area contributed by atoms with Crippen molar-refractivity contribution in [3.63, 3.8) is 0 Å². The Morgan fingerprint density at radius 3 is 2.84 bits per heavy atom. The molecule has 0 aromatic carbocycles. The fraction of sp³-hybridized carbons (Fsp3) is 0.692. The number of aryl methyl sites for hydroxylation is 1. The second-order valence-corrected chi connectivity index (χ2v) is 5.05. The molecule has 106 valence electrons. The summed E-state index contributed by atoms with van der Waals surface area (Å²) in [5, 5.41) is 7.58. The summed E-state index contributed by atoms with van der Waals surface area (Å²) < 4.78 is 1.82. The van der Waals surface area contributed by atoms with Crippen molar-refractivity contribution in [1.29, 1.82) is 0 Å².